The average Bonchev–Trinajstić information content (AvgIpc) is 2.57. The fourth-order valence-electron chi connectivity index (χ4n) is 4.91. The second-order valence-electron chi connectivity index (χ2n) is 9.17. The maximum atomic E-state index is 2.59. The first-order valence-corrected chi connectivity index (χ1v) is 10.6. The van der Waals surface area contributed by atoms with E-state index in [0.717, 1.165) is 11.8 Å². The third kappa shape index (κ3) is 5.23. The van der Waals surface area contributed by atoms with Gasteiger partial charge in [-0.1, -0.05) is 108 Å². The van der Waals surface area contributed by atoms with E-state index in [9.17, 15) is 0 Å². The molecular weight excluding hydrogens is 276 g/mol. The maximum Gasteiger partial charge on any atom is -0.0295 e. The minimum atomic E-state index is 0.483. The van der Waals surface area contributed by atoms with Crippen LogP contribution >= 0.6 is 0 Å². The van der Waals surface area contributed by atoms with Crippen LogP contribution in [0, 0.1) is 28.1 Å². The normalized spacial score (nSPS) is 18.5. The van der Waals surface area contributed by atoms with Gasteiger partial charge in [-0.3, -0.25) is 0 Å². The van der Waals surface area contributed by atoms with Crippen molar-refractivity contribution in [1.29, 1.82) is 0 Å². The standard InChI is InChI=1S/C23H48/c1-11-17-23(10,16-6)20(22(9,14-4)15-5)18-19(7)21(8,12-2)13-3/h19-20H,11-18H2,1-10H3. The van der Waals surface area contributed by atoms with Gasteiger partial charge in [-0.15, -0.1) is 0 Å². The van der Waals surface area contributed by atoms with Gasteiger partial charge in [-0.05, 0) is 40.9 Å². The molecule has 0 aromatic carbocycles. The summed E-state index contributed by atoms with van der Waals surface area (Å²) in [7, 11) is 0. The Morgan fingerprint density at radius 3 is 1.30 bits per heavy atom. The Morgan fingerprint density at radius 1 is 0.609 bits per heavy atom. The Labute approximate surface area is 149 Å². The quantitative estimate of drug-likeness (QED) is 0.337. The van der Waals surface area contributed by atoms with E-state index in [1.165, 1.54) is 51.4 Å². The molecule has 0 rings (SSSR count). The molecule has 0 saturated heterocycles. The molecule has 0 saturated carbocycles. The lowest BCUT2D eigenvalue weighted by atomic mass is 9.54. The number of hydrogen-bond donors (Lipinski definition) is 0. The van der Waals surface area contributed by atoms with E-state index in [1.54, 1.807) is 0 Å². The summed E-state index contributed by atoms with van der Waals surface area (Å²) < 4.78 is 0. The fraction of sp³-hybridized carbons (Fsp3) is 1.00. The SMILES string of the molecule is CCCC(C)(CC)C(CC(C)C(C)(CC)CC)C(C)(CC)CC. The Bertz CT molecular complexity index is 308. The second kappa shape index (κ2) is 9.47. The molecule has 0 aliphatic heterocycles. The van der Waals surface area contributed by atoms with Crippen LogP contribution in [0.15, 0.2) is 0 Å². The van der Waals surface area contributed by atoms with E-state index in [2.05, 4.69) is 69.2 Å². The van der Waals surface area contributed by atoms with E-state index in [0.29, 0.717) is 16.2 Å². The fourth-order valence-corrected chi connectivity index (χ4v) is 4.91. The van der Waals surface area contributed by atoms with E-state index < -0.39 is 0 Å². The molecule has 0 heteroatoms. The molecule has 0 amide bonds. The third-order valence-corrected chi connectivity index (χ3v) is 8.32. The van der Waals surface area contributed by atoms with Crippen LogP contribution in [-0.4, -0.2) is 0 Å². The monoisotopic (exact) mass is 324 g/mol. The zero-order valence-electron chi connectivity index (χ0n) is 18.3. The highest BCUT2D eigenvalue weighted by Gasteiger charge is 2.44. The van der Waals surface area contributed by atoms with E-state index in [-0.39, 0.29) is 0 Å². The predicted octanol–water partition coefficient (Wildman–Crippen LogP) is 8.50. The molecule has 0 fully saturated rings. The van der Waals surface area contributed by atoms with Crippen LogP contribution in [0.1, 0.15) is 121 Å². The van der Waals surface area contributed by atoms with E-state index in [1.807, 2.05) is 0 Å². The third-order valence-electron chi connectivity index (χ3n) is 8.32. The molecule has 0 aromatic heterocycles. The molecule has 0 spiro atoms. The van der Waals surface area contributed by atoms with Gasteiger partial charge in [0.2, 0.25) is 0 Å². The Hall–Kier alpha value is 0. The highest BCUT2D eigenvalue weighted by atomic mass is 14.5. The summed E-state index contributed by atoms with van der Waals surface area (Å²) in [5.74, 6) is 1.64. The van der Waals surface area contributed by atoms with E-state index in [4.69, 9.17) is 0 Å². The number of hydrogen-bond acceptors (Lipinski definition) is 0. The highest BCUT2D eigenvalue weighted by Crippen LogP contribution is 2.54. The minimum absolute atomic E-state index is 0.483. The molecule has 0 aliphatic rings. The summed E-state index contributed by atoms with van der Waals surface area (Å²) in [6.07, 6.45) is 10.7. The van der Waals surface area contributed by atoms with Gasteiger partial charge >= 0.3 is 0 Å². The van der Waals surface area contributed by atoms with Crippen LogP contribution in [-0.2, 0) is 0 Å². The van der Waals surface area contributed by atoms with Crippen LogP contribution in [0.25, 0.3) is 0 Å². The van der Waals surface area contributed by atoms with Crippen molar-refractivity contribution in [3.8, 4) is 0 Å². The molecule has 0 aliphatic carbocycles. The van der Waals surface area contributed by atoms with Crippen LogP contribution in [0.4, 0.5) is 0 Å². The highest BCUT2D eigenvalue weighted by molar-refractivity contribution is 4.94. The zero-order chi connectivity index (χ0) is 18.3. The van der Waals surface area contributed by atoms with Gasteiger partial charge < -0.3 is 0 Å². The predicted molar refractivity (Wildman–Crippen MR) is 108 cm³/mol. The van der Waals surface area contributed by atoms with Crippen LogP contribution in [0.2, 0.25) is 0 Å². The van der Waals surface area contributed by atoms with Crippen molar-refractivity contribution in [2.45, 2.75) is 121 Å². The smallest absolute Gasteiger partial charge is 0.0295 e. The summed E-state index contributed by atoms with van der Waals surface area (Å²) in [6, 6.07) is 0. The van der Waals surface area contributed by atoms with Crippen molar-refractivity contribution < 1.29 is 0 Å². The van der Waals surface area contributed by atoms with Crippen molar-refractivity contribution in [3.63, 3.8) is 0 Å². The molecule has 3 unspecified atom stereocenters. The topological polar surface area (TPSA) is 0 Å². The Balaban J connectivity index is 5.70. The molecule has 0 heterocycles. The second-order valence-corrected chi connectivity index (χ2v) is 9.17. The van der Waals surface area contributed by atoms with Crippen LogP contribution in [0.3, 0.4) is 0 Å². The van der Waals surface area contributed by atoms with Gasteiger partial charge in [0.05, 0.1) is 0 Å². The lowest BCUT2D eigenvalue weighted by Crippen LogP contribution is -2.42. The Kier molecular flexibility index (Phi) is 9.47. The summed E-state index contributed by atoms with van der Waals surface area (Å²) >= 11 is 0. The molecule has 0 N–H and O–H groups in total. The molecule has 23 heavy (non-hydrogen) atoms. The van der Waals surface area contributed by atoms with E-state index >= 15 is 0 Å². The van der Waals surface area contributed by atoms with Crippen molar-refractivity contribution in [3.05, 3.63) is 0 Å². The van der Waals surface area contributed by atoms with Crippen molar-refractivity contribution in [2.75, 3.05) is 0 Å². The first-order valence-electron chi connectivity index (χ1n) is 10.6. The average molecular weight is 325 g/mol. The van der Waals surface area contributed by atoms with Crippen LogP contribution < -0.4 is 0 Å². The van der Waals surface area contributed by atoms with Gasteiger partial charge in [0.1, 0.15) is 0 Å². The molecule has 0 aromatic rings. The summed E-state index contributed by atoms with van der Waals surface area (Å²) in [5.41, 5.74) is 1.48. The van der Waals surface area contributed by atoms with Gasteiger partial charge in [0.15, 0.2) is 0 Å². The molecule has 140 valence electrons. The summed E-state index contributed by atoms with van der Waals surface area (Å²) in [6.45, 7) is 24.6. The zero-order valence-corrected chi connectivity index (χ0v) is 18.3. The molecule has 0 bridgehead atoms. The van der Waals surface area contributed by atoms with Gasteiger partial charge in [-0.2, -0.15) is 0 Å². The summed E-state index contributed by atoms with van der Waals surface area (Å²) in [5, 5.41) is 0. The largest absolute Gasteiger partial charge is 0.0654 e. The summed E-state index contributed by atoms with van der Waals surface area (Å²) in [4.78, 5) is 0. The maximum absolute atomic E-state index is 2.59. The molecule has 0 nitrogen and oxygen atoms in total. The van der Waals surface area contributed by atoms with Gasteiger partial charge in [0.25, 0.3) is 0 Å². The molecule has 3 atom stereocenters. The van der Waals surface area contributed by atoms with Crippen molar-refractivity contribution in [1.82, 2.24) is 0 Å². The first kappa shape index (κ1) is 23.0. The van der Waals surface area contributed by atoms with Crippen molar-refractivity contribution in [2.24, 2.45) is 28.1 Å². The minimum Gasteiger partial charge on any atom is -0.0654 e. The molecule has 0 radical (unpaired) electrons. The lowest BCUT2D eigenvalue weighted by molar-refractivity contribution is -0.00909. The van der Waals surface area contributed by atoms with Crippen molar-refractivity contribution >= 4 is 0 Å². The Morgan fingerprint density at radius 2 is 1.00 bits per heavy atom. The van der Waals surface area contributed by atoms with Crippen LogP contribution in [0.5, 0.6) is 0 Å². The number of rotatable bonds is 12. The van der Waals surface area contributed by atoms with Gasteiger partial charge in [0, 0.05) is 0 Å². The lowest BCUT2D eigenvalue weighted by Gasteiger charge is -2.51. The first-order chi connectivity index (χ1) is 10.6. The van der Waals surface area contributed by atoms with Gasteiger partial charge in [-0.25, -0.2) is 0 Å². The molecular formula is C23H48.